The molecule has 3 heterocycles. The average Bonchev–Trinajstić information content (AvgIpc) is 3.19. The monoisotopic (exact) mass is 394 g/mol. The van der Waals surface area contributed by atoms with E-state index in [1.54, 1.807) is 18.0 Å². The molecule has 2 N–H and O–H groups in total. The first-order valence-electron chi connectivity index (χ1n) is 9.91. The second kappa shape index (κ2) is 8.06. The maximum absolute atomic E-state index is 13.1. The van der Waals surface area contributed by atoms with Gasteiger partial charge in [0.2, 0.25) is 5.91 Å². The topological polar surface area (TPSA) is 99.2 Å². The summed E-state index contributed by atoms with van der Waals surface area (Å²) < 4.78 is 7.09. The van der Waals surface area contributed by atoms with Crippen molar-refractivity contribution in [2.24, 2.45) is 5.92 Å². The highest BCUT2D eigenvalue weighted by atomic mass is 16.5. The van der Waals surface area contributed by atoms with Crippen molar-refractivity contribution >= 4 is 22.9 Å². The van der Waals surface area contributed by atoms with Gasteiger partial charge in [0.15, 0.2) is 11.5 Å². The number of nitrogens with zero attached hydrogens (tertiary/aromatic N) is 5. The van der Waals surface area contributed by atoms with Gasteiger partial charge in [0.05, 0.1) is 13.4 Å². The van der Waals surface area contributed by atoms with Crippen molar-refractivity contribution in [2.75, 3.05) is 25.9 Å². The van der Waals surface area contributed by atoms with E-state index in [-0.39, 0.29) is 11.9 Å². The standard InChI is InChI=1S/C21H26N6O2/c1-14(27-13-25-18-19(22)23-12-24-20(18)27)21(28)26-8-6-15(7-9-26)10-16-4-3-5-17(11-16)29-2/h3-5,11-15H,6-10H2,1-2H3,(H2,22,23,24). The quantitative estimate of drug-likeness (QED) is 0.714. The molecule has 8 nitrogen and oxygen atoms in total. The summed E-state index contributed by atoms with van der Waals surface area (Å²) in [6, 6.07) is 7.84. The van der Waals surface area contributed by atoms with Crippen LogP contribution < -0.4 is 10.5 Å². The molecule has 0 radical (unpaired) electrons. The number of rotatable bonds is 5. The third kappa shape index (κ3) is 3.87. The molecule has 1 fully saturated rings. The molecule has 29 heavy (non-hydrogen) atoms. The number of piperidine rings is 1. The number of fused-ring (bicyclic) bond motifs is 1. The molecule has 0 bridgehead atoms. The first kappa shape index (κ1) is 19.2. The minimum Gasteiger partial charge on any atom is -0.497 e. The number of amides is 1. The highest BCUT2D eigenvalue weighted by Crippen LogP contribution is 2.26. The van der Waals surface area contributed by atoms with E-state index in [1.807, 2.05) is 24.0 Å². The fourth-order valence-electron chi connectivity index (χ4n) is 4.03. The molecular formula is C21H26N6O2. The summed E-state index contributed by atoms with van der Waals surface area (Å²) in [5, 5.41) is 0. The lowest BCUT2D eigenvalue weighted by Gasteiger charge is -2.34. The maximum Gasteiger partial charge on any atom is 0.245 e. The van der Waals surface area contributed by atoms with Crippen LogP contribution in [-0.4, -0.2) is 50.5 Å². The van der Waals surface area contributed by atoms with Crippen molar-refractivity contribution in [2.45, 2.75) is 32.2 Å². The Morgan fingerprint density at radius 3 is 2.83 bits per heavy atom. The Hall–Kier alpha value is -3.16. The number of hydrogen-bond donors (Lipinski definition) is 1. The predicted octanol–water partition coefficient (Wildman–Crippen LogP) is 2.46. The van der Waals surface area contributed by atoms with Gasteiger partial charge in [-0.3, -0.25) is 4.79 Å². The van der Waals surface area contributed by atoms with Crippen molar-refractivity contribution in [3.63, 3.8) is 0 Å². The van der Waals surface area contributed by atoms with Gasteiger partial charge in [-0.25, -0.2) is 15.0 Å². The molecular weight excluding hydrogens is 368 g/mol. The van der Waals surface area contributed by atoms with Crippen LogP contribution in [0.3, 0.4) is 0 Å². The van der Waals surface area contributed by atoms with E-state index >= 15 is 0 Å². The molecule has 1 aliphatic rings. The molecule has 1 atom stereocenters. The first-order chi connectivity index (χ1) is 14.1. The largest absolute Gasteiger partial charge is 0.497 e. The minimum absolute atomic E-state index is 0.0846. The Balaban J connectivity index is 1.38. The zero-order valence-corrected chi connectivity index (χ0v) is 16.8. The van der Waals surface area contributed by atoms with Gasteiger partial charge in [-0.15, -0.1) is 0 Å². The number of carbonyl (C=O) groups is 1. The van der Waals surface area contributed by atoms with Gasteiger partial charge >= 0.3 is 0 Å². The van der Waals surface area contributed by atoms with Crippen LogP contribution in [-0.2, 0) is 11.2 Å². The van der Waals surface area contributed by atoms with Gasteiger partial charge in [0, 0.05) is 13.1 Å². The van der Waals surface area contributed by atoms with E-state index in [2.05, 4.69) is 27.1 Å². The number of nitrogens with two attached hydrogens (primary N) is 1. The van der Waals surface area contributed by atoms with Gasteiger partial charge in [0.25, 0.3) is 0 Å². The zero-order chi connectivity index (χ0) is 20.4. The number of benzene rings is 1. The molecule has 3 aromatic rings. The molecule has 0 saturated carbocycles. The molecule has 1 unspecified atom stereocenters. The molecule has 1 amide bonds. The summed E-state index contributed by atoms with van der Waals surface area (Å²) >= 11 is 0. The normalized spacial score (nSPS) is 16.1. The second-order valence-corrected chi connectivity index (χ2v) is 7.58. The molecule has 1 aliphatic heterocycles. The zero-order valence-electron chi connectivity index (χ0n) is 16.8. The molecule has 4 rings (SSSR count). The first-order valence-corrected chi connectivity index (χ1v) is 9.91. The van der Waals surface area contributed by atoms with E-state index in [9.17, 15) is 4.79 Å². The second-order valence-electron chi connectivity index (χ2n) is 7.58. The van der Waals surface area contributed by atoms with Crippen LogP contribution in [0, 0.1) is 5.92 Å². The molecule has 0 spiro atoms. The molecule has 1 saturated heterocycles. The van der Waals surface area contributed by atoms with Crippen molar-refractivity contribution in [3.8, 4) is 5.75 Å². The van der Waals surface area contributed by atoms with Crippen LogP contribution in [0.5, 0.6) is 5.75 Å². The number of likely N-dealkylation sites (tertiary alicyclic amines) is 1. The Morgan fingerprint density at radius 2 is 2.07 bits per heavy atom. The van der Waals surface area contributed by atoms with Gasteiger partial charge in [0.1, 0.15) is 23.6 Å². The Bertz CT molecular complexity index is 1010. The highest BCUT2D eigenvalue weighted by molar-refractivity contribution is 5.85. The maximum atomic E-state index is 13.1. The van der Waals surface area contributed by atoms with Gasteiger partial charge in [-0.2, -0.15) is 0 Å². The van der Waals surface area contributed by atoms with Crippen LogP contribution in [0.25, 0.3) is 11.2 Å². The van der Waals surface area contributed by atoms with Crippen molar-refractivity contribution in [1.82, 2.24) is 24.4 Å². The SMILES string of the molecule is COc1cccc(CC2CCN(C(=O)C(C)n3cnc4c(N)ncnc43)CC2)c1. The van der Waals surface area contributed by atoms with E-state index in [1.165, 1.54) is 11.9 Å². The summed E-state index contributed by atoms with van der Waals surface area (Å²) in [7, 11) is 1.69. The number of nitrogen functional groups attached to an aromatic ring is 1. The summed E-state index contributed by atoms with van der Waals surface area (Å²) in [6.45, 7) is 3.41. The summed E-state index contributed by atoms with van der Waals surface area (Å²) in [6.07, 6.45) is 6.02. The van der Waals surface area contributed by atoms with Crippen LogP contribution in [0.1, 0.15) is 31.4 Å². The number of aromatic nitrogens is 4. The number of imidazole rings is 1. The number of methoxy groups -OCH3 is 1. The van der Waals surface area contributed by atoms with E-state index in [0.717, 1.165) is 38.1 Å². The van der Waals surface area contributed by atoms with E-state index in [4.69, 9.17) is 10.5 Å². The average molecular weight is 394 g/mol. The van der Waals surface area contributed by atoms with E-state index in [0.29, 0.717) is 22.9 Å². The smallest absolute Gasteiger partial charge is 0.245 e. The Kier molecular flexibility index (Phi) is 5.33. The number of carbonyl (C=O) groups excluding carboxylic acids is 1. The van der Waals surface area contributed by atoms with Crippen LogP contribution in [0.2, 0.25) is 0 Å². The van der Waals surface area contributed by atoms with Crippen molar-refractivity contribution < 1.29 is 9.53 Å². The van der Waals surface area contributed by atoms with Crippen molar-refractivity contribution in [1.29, 1.82) is 0 Å². The fraction of sp³-hybridized carbons (Fsp3) is 0.429. The third-order valence-electron chi connectivity index (χ3n) is 5.75. The Labute approximate surface area is 169 Å². The van der Waals surface area contributed by atoms with Gasteiger partial charge in [-0.1, -0.05) is 12.1 Å². The third-order valence-corrected chi connectivity index (χ3v) is 5.75. The molecule has 1 aromatic carbocycles. The van der Waals surface area contributed by atoms with Crippen LogP contribution >= 0.6 is 0 Å². The Morgan fingerprint density at radius 1 is 1.28 bits per heavy atom. The molecule has 8 heteroatoms. The lowest BCUT2D eigenvalue weighted by molar-refractivity contribution is -0.135. The summed E-state index contributed by atoms with van der Waals surface area (Å²) in [4.78, 5) is 27.5. The lowest BCUT2D eigenvalue weighted by atomic mass is 9.90. The van der Waals surface area contributed by atoms with Crippen molar-refractivity contribution in [3.05, 3.63) is 42.5 Å². The van der Waals surface area contributed by atoms with Gasteiger partial charge in [-0.05, 0) is 49.8 Å². The lowest BCUT2D eigenvalue weighted by Crippen LogP contribution is -2.42. The number of hydrogen-bond acceptors (Lipinski definition) is 6. The molecule has 0 aliphatic carbocycles. The highest BCUT2D eigenvalue weighted by Gasteiger charge is 2.28. The molecule has 2 aromatic heterocycles. The van der Waals surface area contributed by atoms with E-state index < -0.39 is 0 Å². The molecule has 152 valence electrons. The fourth-order valence-corrected chi connectivity index (χ4v) is 4.03. The van der Waals surface area contributed by atoms with Crippen LogP contribution in [0.4, 0.5) is 5.82 Å². The number of ether oxygens (including phenoxy) is 1. The summed E-state index contributed by atoms with van der Waals surface area (Å²) in [5.74, 6) is 1.87. The summed E-state index contributed by atoms with van der Waals surface area (Å²) in [5.41, 5.74) is 8.26. The van der Waals surface area contributed by atoms with Gasteiger partial charge < -0.3 is 19.9 Å². The predicted molar refractivity (Wildman–Crippen MR) is 110 cm³/mol. The number of anilines is 1. The van der Waals surface area contributed by atoms with Crippen LogP contribution in [0.15, 0.2) is 36.9 Å². The minimum atomic E-state index is -0.385.